The average Bonchev–Trinajstić information content (AvgIpc) is 2.32. The molecule has 0 aliphatic heterocycles. The molecule has 0 amide bonds. The van der Waals surface area contributed by atoms with E-state index >= 15 is 0 Å². The van der Waals surface area contributed by atoms with Crippen LogP contribution >= 0.6 is 0 Å². The zero-order valence-corrected chi connectivity index (χ0v) is 8.59. The topological polar surface area (TPSA) is 34.1 Å². The highest BCUT2D eigenvalue weighted by Crippen LogP contribution is 2.12. The minimum absolute atomic E-state index is 0.149. The third kappa shape index (κ3) is 2.06. The summed E-state index contributed by atoms with van der Waals surface area (Å²) in [7, 11) is 0. The highest BCUT2D eigenvalue weighted by molar-refractivity contribution is 6.16. The maximum Gasteiger partial charge on any atom is 0.186 e. The highest BCUT2D eigenvalue weighted by atomic mass is 16.1. The van der Waals surface area contributed by atoms with Crippen molar-refractivity contribution in [1.29, 1.82) is 0 Å². The number of carbonyl (C=O) groups excluding carboxylic acids is 2. The lowest BCUT2D eigenvalue weighted by Crippen LogP contribution is -2.05. The van der Waals surface area contributed by atoms with Crippen LogP contribution in [0.25, 0.3) is 0 Å². The lowest BCUT2D eigenvalue weighted by molar-refractivity contribution is 0.101. The number of benzene rings is 1. The van der Waals surface area contributed by atoms with Crippen LogP contribution in [0.5, 0.6) is 0 Å². The predicted octanol–water partition coefficient (Wildman–Crippen LogP) is 2.73. The molecule has 0 atom stereocenters. The maximum atomic E-state index is 11.8. The van der Waals surface area contributed by atoms with Crippen molar-refractivity contribution in [3.8, 4) is 0 Å². The van der Waals surface area contributed by atoms with Gasteiger partial charge in [0, 0.05) is 11.1 Å². The molecule has 2 nitrogen and oxygen atoms in total. The first-order valence-corrected chi connectivity index (χ1v) is 4.98. The van der Waals surface area contributed by atoms with E-state index in [-0.39, 0.29) is 11.6 Å². The molecule has 1 aliphatic carbocycles. The van der Waals surface area contributed by atoms with Crippen molar-refractivity contribution in [3.05, 3.63) is 71.8 Å². The van der Waals surface area contributed by atoms with Gasteiger partial charge in [0.05, 0.1) is 0 Å². The van der Waals surface area contributed by atoms with Gasteiger partial charge in [0.2, 0.25) is 0 Å². The van der Waals surface area contributed by atoms with E-state index in [1.165, 1.54) is 12.2 Å². The molecule has 1 aromatic carbocycles. The van der Waals surface area contributed by atoms with Crippen LogP contribution in [-0.2, 0) is 0 Å². The zero-order valence-electron chi connectivity index (χ0n) is 8.59. The van der Waals surface area contributed by atoms with Crippen molar-refractivity contribution in [3.63, 3.8) is 0 Å². The van der Waals surface area contributed by atoms with Crippen LogP contribution in [0.15, 0.2) is 60.7 Å². The van der Waals surface area contributed by atoms with Gasteiger partial charge in [-0.25, -0.2) is 0 Å². The van der Waals surface area contributed by atoms with Gasteiger partial charge in [-0.2, -0.15) is 0 Å². The Hall–Kier alpha value is -2.22. The largest absolute Gasteiger partial charge is 0.289 e. The molecule has 0 aromatic heterocycles. The van der Waals surface area contributed by atoms with E-state index in [0.29, 0.717) is 11.1 Å². The van der Waals surface area contributed by atoms with Crippen molar-refractivity contribution in [2.24, 2.45) is 0 Å². The highest BCUT2D eigenvalue weighted by Gasteiger charge is 2.12. The van der Waals surface area contributed by atoms with Crippen LogP contribution in [0.2, 0.25) is 0 Å². The molecule has 1 aliphatic rings. The molecule has 0 radical (unpaired) electrons. The van der Waals surface area contributed by atoms with E-state index in [9.17, 15) is 9.59 Å². The van der Waals surface area contributed by atoms with Gasteiger partial charge in [0.15, 0.2) is 11.6 Å². The molecule has 0 saturated heterocycles. The first-order chi connectivity index (χ1) is 7.79. The minimum Gasteiger partial charge on any atom is -0.289 e. The molecule has 0 fully saturated rings. The molecule has 0 saturated carbocycles. The molecule has 0 spiro atoms. The van der Waals surface area contributed by atoms with Crippen LogP contribution < -0.4 is 0 Å². The van der Waals surface area contributed by atoms with Gasteiger partial charge < -0.3 is 0 Å². The summed E-state index contributed by atoms with van der Waals surface area (Å²) in [4.78, 5) is 23.5. The molecule has 16 heavy (non-hydrogen) atoms. The number of rotatable bonds is 0. The molecule has 1 aromatic rings. The predicted molar refractivity (Wildman–Crippen MR) is 62.5 cm³/mol. The van der Waals surface area contributed by atoms with Crippen LogP contribution in [-0.4, -0.2) is 11.6 Å². The number of carbonyl (C=O) groups is 2. The normalized spacial score (nSPS) is 21.0. The number of fused-ring (bicyclic) bond motifs is 1. The summed E-state index contributed by atoms with van der Waals surface area (Å²) in [5, 5.41) is 0. The first-order valence-electron chi connectivity index (χ1n) is 4.98. The summed E-state index contributed by atoms with van der Waals surface area (Å²) in [6, 6.07) is 6.84. The Morgan fingerprint density at radius 2 is 1.06 bits per heavy atom. The molecule has 0 bridgehead atoms. The second-order valence-electron chi connectivity index (χ2n) is 3.38. The van der Waals surface area contributed by atoms with E-state index in [1.54, 1.807) is 48.6 Å². The molecule has 0 N–H and O–H groups in total. The fraction of sp³-hybridized carbons (Fsp3) is 0. The molecule has 0 heterocycles. The molecule has 2 heteroatoms. The lowest BCUT2D eigenvalue weighted by atomic mass is 9.99. The van der Waals surface area contributed by atoms with Crippen molar-refractivity contribution in [2.75, 3.05) is 0 Å². The Labute approximate surface area is 93.6 Å². The monoisotopic (exact) mass is 210 g/mol. The third-order valence-electron chi connectivity index (χ3n) is 2.29. The van der Waals surface area contributed by atoms with E-state index < -0.39 is 0 Å². The van der Waals surface area contributed by atoms with Crippen molar-refractivity contribution < 1.29 is 9.59 Å². The van der Waals surface area contributed by atoms with Crippen molar-refractivity contribution >= 4 is 11.6 Å². The number of allylic oxidation sites excluding steroid dienone is 6. The Morgan fingerprint density at radius 1 is 0.625 bits per heavy atom. The quantitative estimate of drug-likeness (QED) is 0.659. The summed E-state index contributed by atoms with van der Waals surface area (Å²) >= 11 is 0. The van der Waals surface area contributed by atoms with Crippen LogP contribution in [0, 0.1) is 0 Å². The van der Waals surface area contributed by atoms with Gasteiger partial charge in [-0.05, 0) is 12.2 Å². The van der Waals surface area contributed by atoms with E-state index in [1.807, 2.05) is 0 Å². The molecule has 0 unspecified atom stereocenters. The van der Waals surface area contributed by atoms with Crippen LogP contribution in [0.1, 0.15) is 20.7 Å². The smallest absolute Gasteiger partial charge is 0.186 e. The van der Waals surface area contributed by atoms with Gasteiger partial charge in [0.1, 0.15) is 0 Å². The Bertz CT molecular complexity index is 472. The van der Waals surface area contributed by atoms with Gasteiger partial charge in [-0.1, -0.05) is 48.6 Å². The van der Waals surface area contributed by atoms with Crippen molar-refractivity contribution in [2.45, 2.75) is 0 Å². The summed E-state index contributed by atoms with van der Waals surface area (Å²) in [5.74, 6) is -0.298. The van der Waals surface area contributed by atoms with Gasteiger partial charge in [0.25, 0.3) is 0 Å². The van der Waals surface area contributed by atoms with E-state index in [0.717, 1.165) is 0 Å². The summed E-state index contributed by atoms with van der Waals surface area (Å²) in [6.45, 7) is 0. The van der Waals surface area contributed by atoms with E-state index in [2.05, 4.69) is 0 Å². The molecule has 78 valence electrons. The number of ketones is 2. The fourth-order valence-corrected chi connectivity index (χ4v) is 1.51. The third-order valence-corrected chi connectivity index (χ3v) is 2.29. The van der Waals surface area contributed by atoms with Gasteiger partial charge in [-0.15, -0.1) is 0 Å². The average molecular weight is 210 g/mol. The summed E-state index contributed by atoms with van der Waals surface area (Å²) in [6.07, 6.45) is 9.69. The lowest BCUT2D eigenvalue weighted by Gasteiger charge is -2.03. The van der Waals surface area contributed by atoms with E-state index in [4.69, 9.17) is 0 Å². The maximum absolute atomic E-state index is 11.8. The SMILES string of the molecule is O=C1/C=C/C=C\C=C\C(=O)c2ccccc21. The zero-order chi connectivity index (χ0) is 11.4. The Morgan fingerprint density at radius 3 is 1.50 bits per heavy atom. The Balaban J connectivity index is 2.58. The second kappa shape index (κ2) is 4.53. The minimum atomic E-state index is -0.149. The fourth-order valence-electron chi connectivity index (χ4n) is 1.51. The van der Waals surface area contributed by atoms with Crippen LogP contribution in [0.4, 0.5) is 0 Å². The van der Waals surface area contributed by atoms with Gasteiger partial charge >= 0.3 is 0 Å². The standard InChI is InChI=1S/C14H10O2/c15-13-9-3-1-2-4-10-14(16)12-8-6-5-7-11(12)13/h1-10H/b2-1-,9-3+,10-4+. The molecule has 2 rings (SSSR count). The molecular formula is C14H10O2. The van der Waals surface area contributed by atoms with Crippen molar-refractivity contribution in [1.82, 2.24) is 0 Å². The van der Waals surface area contributed by atoms with Crippen LogP contribution in [0.3, 0.4) is 0 Å². The summed E-state index contributed by atoms with van der Waals surface area (Å²) < 4.78 is 0. The Kier molecular flexibility index (Phi) is 2.92. The molecular weight excluding hydrogens is 200 g/mol. The second-order valence-corrected chi connectivity index (χ2v) is 3.38. The summed E-state index contributed by atoms with van der Waals surface area (Å²) in [5.41, 5.74) is 0.896. The van der Waals surface area contributed by atoms with Gasteiger partial charge in [-0.3, -0.25) is 9.59 Å². The number of hydrogen-bond acceptors (Lipinski definition) is 2. The first kappa shape index (κ1) is 10.3. The number of hydrogen-bond donors (Lipinski definition) is 0.